The molecule has 0 unspecified atom stereocenters. The van der Waals surface area contributed by atoms with Crippen molar-refractivity contribution in [1.29, 1.82) is 0 Å². The van der Waals surface area contributed by atoms with E-state index in [1.165, 1.54) is 22.7 Å². The van der Waals surface area contributed by atoms with Gasteiger partial charge in [-0.1, -0.05) is 30.7 Å². The predicted octanol–water partition coefficient (Wildman–Crippen LogP) is 4.22. The minimum atomic E-state index is -4.40. The minimum Gasteiger partial charge on any atom is -0.388 e. The highest BCUT2D eigenvalue weighted by atomic mass is 35.5. The van der Waals surface area contributed by atoms with Crippen LogP contribution in [-0.2, 0) is 16.1 Å². The molecule has 3 fully saturated rings. The molecule has 13 heteroatoms. The molecule has 4 heterocycles. The monoisotopic (exact) mass is 621 g/mol. The van der Waals surface area contributed by atoms with Gasteiger partial charge in [0.15, 0.2) is 5.65 Å². The molecule has 3 aromatic rings. The summed E-state index contributed by atoms with van der Waals surface area (Å²) in [5.41, 5.74) is -1.17. The summed E-state index contributed by atoms with van der Waals surface area (Å²) >= 11 is 6.58. The number of rotatable bonds is 5. The molecule has 1 amide bonds. The van der Waals surface area contributed by atoms with E-state index in [9.17, 15) is 27.9 Å². The Bertz CT molecular complexity index is 1600. The van der Waals surface area contributed by atoms with Gasteiger partial charge in [-0.05, 0) is 56.9 Å². The minimum absolute atomic E-state index is 0.0636. The van der Waals surface area contributed by atoms with E-state index >= 15 is 0 Å². The second-order valence-corrected chi connectivity index (χ2v) is 13.4. The Morgan fingerprint density at radius 1 is 1.19 bits per heavy atom. The number of fused-ring (bicyclic) bond motifs is 1. The molecule has 9 nitrogen and oxygen atoms in total. The first-order valence-corrected chi connectivity index (χ1v) is 14.8. The Morgan fingerprint density at radius 2 is 1.86 bits per heavy atom. The Morgan fingerprint density at radius 3 is 2.44 bits per heavy atom. The van der Waals surface area contributed by atoms with Crippen LogP contribution in [0, 0.1) is 11.3 Å². The molecule has 0 bridgehead atoms. The van der Waals surface area contributed by atoms with E-state index in [-0.39, 0.29) is 61.5 Å². The quantitative estimate of drug-likeness (QED) is 0.443. The van der Waals surface area contributed by atoms with Crippen LogP contribution in [-0.4, -0.2) is 73.7 Å². The van der Waals surface area contributed by atoms with E-state index in [0.29, 0.717) is 17.4 Å². The number of amides is 1. The topological polar surface area (TPSA) is 102 Å². The number of benzene rings is 1. The number of hydrogen-bond acceptors (Lipinski definition) is 6. The SMILES string of the molecule is CC1(C)CN[C@@H](c2ccc(-n3c(Cl)cc4c(=O)n(CC5(O)CCN(C(=O)[C@]6(C)C[C@H]6C(F)(F)F)CC5)cnc43)cc2)CO1. The standard InChI is InChI=1S/C30H35ClF3N5O4/c1-27(2)15-35-21(14-43-27)18-4-6-19(7-5-18)39-23(31)12-20-24(39)36-17-38(25(20)40)16-29(42)8-10-37(11-9-29)26(41)28(3)13-22(28)30(32,33)34/h4-7,12,17,21-22,35,42H,8-11,13-16H2,1-3H3/t21-,22-,28-/m1/s1. The Kier molecular flexibility index (Phi) is 7.23. The Hall–Kier alpha value is -2.93. The summed E-state index contributed by atoms with van der Waals surface area (Å²) < 4.78 is 48.4. The second-order valence-electron chi connectivity index (χ2n) is 13.0. The number of nitrogens with zero attached hydrogens (tertiary/aromatic N) is 4. The average molecular weight is 622 g/mol. The first-order valence-electron chi connectivity index (χ1n) is 14.4. The summed E-state index contributed by atoms with van der Waals surface area (Å²) in [7, 11) is 0. The number of aromatic nitrogens is 3. The molecule has 6 rings (SSSR count). The molecular formula is C30H35ClF3N5O4. The fourth-order valence-electron chi connectivity index (χ4n) is 6.34. The van der Waals surface area contributed by atoms with Crippen LogP contribution in [0.2, 0.25) is 5.15 Å². The van der Waals surface area contributed by atoms with Crippen molar-refractivity contribution in [2.75, 3.05) is 26.2 Å². The molecule has 3 atom stereocenters. The van der Waals surface area contributed by atoms with Gasteiger partial charge in [-0.2, -0.15) is 13.2 Å². The van der Waals surface area contributed by atoms with E-state index in [0.717, 1.165) is 17.8 Å². The van der Waals surface area contributed by atoms with Gasteiger partial charge in [-0.15, -0.1) is 0 Å². The zero-order valence-corrected chi connectivity index (χ0v) is 25.0. The third kappa shape index (κ3) is 5.58. The molecule has 2 aliphatic heterocycles. The number of piperidine rings is 1. The summed E-state index contributed by atoms with van der Waals surface area (Å²) in [4.78, 5) is 32.2. The fraction of sp³-hybridized carbons (Fsp3) is 0.567. The van der Waals surface area contributed by atoms with Crippen molar-refractivity contribution < 1.29 is 27.8 Å². The number of morpholine rings is 1. The maximum Gasteiger partial charge on any atom is 0.392 e. The van der Waals surface area contributed by atoms with Crippen LogP contribution >= 0.6 is 11.6 Å². The number of likely N-dealkylation sites (tertiary alicyclic amines) is 1. The molecule has 2 saturated heterocycles. The van der Waals surface area contributed by atoms with Gasteiger partial charge < -0.3 is 20.1 Å². The average Bonchev–Trinajstić information content (AvgIpc) is 3.56. The summed E-state index contributed by atoms with van der Waals surface area (Å²) in [6.07, 6.45) is -3.00. The lowest BCUT2D eigenvalue weighted by Gasteiger charge is -2.39. The smallest absolute Gasteiger partial charge is 0.388 e. The van der Waals surface area contributed by atoms with Crippen LogP contribution in [0.4, 0.5) is 13.2 Å². The number of carbonyl (C=O) groups is 1. The van der Waals surface area contributed by atoms with Crippen molar-refractivity contribution in [2.45, 2.75) is 70.0 Å². The van der Waals surface area contributed by atoms with Gasteiger partial charge in [0.2, 0.25) is 5.91 Å². The van der Waals surface area contributed by atoms with Gasteiger partial charge in [-0.3, -0.25) is 18.7 Å². The molecule has 2 N–H and O–H groups in total. The summed E-state index contributed by atoms with van der Waals surface area (Å²) in [5.74, 6) is -2.16. The highest BCUT2D eigenvalue weighted by Crippen LogP contribution is 2.61. The lowest BCUT2D eigenvalue weighted by atomic mass is 9.90. The van der Waals surface area contributed by atoms with Crippen LogP contribution in [0.5, 0.6) is 0 Å². The molecular weight excluding hydrogens is 587 g/mol. The lowest BCUT2D eigenvalue weighted by Crippen LogP contribution is -2.51. The zero-order valence-electron chi connectivity index (χ0n) is 24.2. The van der Waals surface area contributed by atoms with Crippen LogP contribution in [0.15, 0.2) is 41.5 Å². The number of hydrogen-bond donors (Lipinski definition) is 2. The van der Waals surface area contributed by atoms with E-state index < -0.39 is 29.0 Å². The molecule has 1 aliphatic carbocycles. The number of ether oxygens (including phenoxy) is 1. The molecule has 232 valence electrons. The maximum absolute atomic E-state index is 13.4. The summed E-state index contributed by atoms with van der Waals surface area (Å²) in [6, 6.07) is 9.40. The highest BCUT2D eigenvalue weighted by Gasteiger charge is 2.68. The molecule has 0 spiro atoms. The number of carbonyl (C=O) groups excluding carboxylic acids is 1. The maximum atomic E-state index is 13.4. The molecule has 3 aliphatic rings. The van der Waals surface area contributed by atoms with Gasteiger partial charge >= 0.3 is 6.18 Å². The van der Waals surface area contributed by atoms with Crippen molar-refractivity contribution in [3.8, 4) is 5.69 Å². The second kappa shape index (κ2) is 10.3. The fourth-order valence-corrected chi connectivity index (χ4v) is 6.63. The number of halogens is 4. The van der Waals surface area contributed by atoms with Crippen LogP contribution < -0.4 is 10.9 Å². The number of aliphatic hydroxyl groups is 1. The van der Waals surface area contributed by atoms with E-state index in [4.69, 9.17) is 16.3 Å². The van der Waals surface area contributed by atoms with Crippen LogP contribution in [0.25, 0.3) is 16.7 Å². The largest absolute Gasteiger partial charge is 0.392 e. The predicted molar refractivity (Wildman–Crippen MR) is 154 cm³/mol. The van der Waals surface area contributed by atoms with Gasteiger partial charge in [-0.25, -0.2) is 4.98 Å². The molecule has 43 heavy (non-hydrogen) atoms. The molecule has 1 aromatic carbocycles. The van der Waals surface area contributed by atoms with Crippen molar-refractivity contribution in [1.82, 2.24) is 24.3 Å². The van der Waals surface area contributed by atoms with Crippen LogP contribution in [0.3, 0.4) is 0 Å². The summed E-state index contributed by atoms with van der Waals surface area (Å²) in [5, 5.41) is 15.4. The lowest BCUT2D eigenvalue weighted by molar-refractivity contribution is -0.165. The van der Waals surface area contributed by atoms with Gasteiger partial charge in [0.05, 0.1) is 47.1 Å². The van der Waals surface area contributed by atoms with Gasteiger partial charge in [0, 0.05) is 25.3 Å². The Balaban J connectivity index is 1.15. The van der Waals surface area contributed by atoms with E-state index in [2.05, 4.69) is 10.3 Å². The molecule has 1 saturated carbocycles. The number of alkyl halides is 3. The first-order chi connectivity index (χ1) is 20.1. The van der Waals surface area contributed by atoms with Crippen molar-refractivity contribution in [2.24, 2.45) is 11.3 Å². The zero-order chi connectivity index (χ0) is 30.9. The number of nitrogens with one attached hydrogen (secondary N) is 1. The van der Waals surface area contributed by atoms with E-state index in [1.54, 1.807) is 10.6 Å². The summed E-state index contributed by atoms with van der Waals surface area (Å²) in [6.45, 7) is 6.87. The third-order valence-corrected chi connectivity index (χ3v) is 9.55. The van der Waals surface area contributed by atoms with Crippen molar-refractivity contribution in [3.05, 3.63) is 57.7 Å². The highest BCUT2D eigenvalue weighted by molar-refractivity contribution is 6.31. The van der Waals surface area contributed by atoms with Gasteiger partial charge in [0.25, 0.3) is 5.56 Å². The van der Waals surface area contributed by atoms with Gasteiger partial charge in [0.1, 0.15) is 11.5 Å². The van der Waals surface area contributed by atoms with Crippen LogP contribution in [0.1, 0.15) is 51.6 Å². The Labute approximate surface area is 251 Å². The molecule has 0 radical (unpaired) electrons. The van der Waals surface area contributed by atoms with E-state index in [1.807, 2.05) is 38.1 Å². The molecule has 2 aromatic heterocycles. The van der Waals surface area contributed by atoms with Crippen molar-refractivity contribution in [3.63, 3.8) is 0 Å². The van der Waals surface area contributed by atoms with Crippen molar-refractivity contribution >= 4 is 28.5 Å². The first kappa shape index (κ1) is 30.1. The normalized spacial score (nSPS) is 26.9. The third-order valence-electron chi connectivity index (χ3n) is 9.28.